The summed E-state index contributed by atoms with van der Waals surface area (Å²) in [6, 6.07) is 8.26. The van der Waals surface area contributed by atoms with Crippen molar-refractivity contribution in [1.82, 2.24) is 9.88 Å². The van der Waals surface area contributed by atoms with Crippen molar-refractivity contribution in [3.05, 3.63) is 53.1 Å². The number of methoxy groups -OCH3 is 1. The number of rotatable bonds is 7. The summed E-state index contributed by atoms with van der Waals surface area (Å²) < 4.78 is 51.5. The van der Waals surface area contributed by atoms with Gasteiger partial charge in [-0.25, -0.2) is 4.98 Å². The summed E-state index contributed by atoms with van der Waals surface area (Å²) in [6.07, 6.45) is -3.88. The Labute approximate surface area is 199 Å². The van der Waals surface area contributed by atoms with E-state index in [1.165, 1.54) is 28.4 Å². The lowest BCUT2D eigenvalue weighted by atomic mass is 10.1. The second-order valence-electron chi connectivity index (χ2n) is 8.10. The van der Waals surface area contributed by atoms with Crippen LogP contribution in [-0.2, 0) is 10.9 Å². The molecule has 6 nitrogen and oxygen atoms in total. The van der Waals surface area contributed by atoms with Crippen LogP contribution in [0.15, 0.2) is 36.4 Å². The number of hydrogen-bond donors (Lipinski definition) is 0. The number of morpholine rings is 1. The van der Waals surface area contributed by atoms with Gasteiger partial charge < -0.3 is 9.47 Å². The van der Waals surface area contributed by atoms with E-state index in [2.05, 4.69) is 9.88 Å². The summed E-state index contributed by atoms with van der Waals surface area (Å²) >= 11 is 1.34. The lowest BCUT2D eigenvalue weighted by Crippen LogP contribution is -2.39. The number of hydrogen-bond acceptors (Lipinski definition) is 6. The number of benzene rings is 2. The molecule has 1 aromatic heterocycles. The second-order valence-corrected chi connectivity index (χ2v) is 9.08. The van der Waals surface area contributed by atoms with Crippen molar-refractivity contribution in [3.63, 3.8) is 0 Å². The molecule has 1 aliphatic rings. The molecule has 3 aromatic rings. The minimum atomic E-state index is -4.53. The van der Waals surface area contributed by atoms with E-state index in [0.29, 0.717) is 42.6 Å². The number of alkyl halides is 3. The molecule has 34 heavy (non-hydrogen) atoms. The maximum absolute atomic E-state index is 13.5. The number of anilines is 1. The van der Waals surface area contributed by atoms with E-state index in [0.717, 1.165) is 42.0 Å². The van der Waals surface area contributed by atoms with Crippen LogP contribution in [0.3, 0.4) is 0 Å². The van der Waals surface area contributed by atoms with Gasteiger partial charge in [0.1, 0.15) is 11.3 Å². The van der Waals surface area contributed by atoms with Gasteiger partial charge in [-0.2, -0.15) is 13.2 Å². The number of thiazole rings is 1. The SMILES string of the molecule is COc1ccc(C)c2sc(N(CCCN3CCOCC3)C(=O)c3cccc(C(F)(F)F)c3)nc12. The van der Waals surface area contributed by atoms with Crippen LogP contribution < -0.4 is 9.64 Å². The Morgan fingerprint density at radius 3 is 2.71 bits per heavy atom. The van der Waals surface area contributed by atoms with Gasteiger partial charge in [-0.15, -0.1) is 0 Å². The molecule has 0 spiro atoms. The predicted molar refractivity (Wildman–Crippen MR) is 126 cm³/mol. The normalized spacial score (nSPS) is 15.0. The molecule has 2 aromatic carbocycles. The minimum absolute atomic E-state index is 0.0239. The number of ether oxygens (including phenoxy) is 2. The Morgan fingerprint density at radius 2 is 2.00 bits per heavy atom. The van der Waals surface area contributed by atoms with Gasteiger partial charge in [0, 0.05) is 31.7 Å². The number of amides is 1. The molecule has 1 aliphatic heterocycles. The van der Waals surface area contributed by atoms with Crippen LogP contribution in [0.4, 0.5) is 18.3 Å². The van der Waals surface area contributed by atoms with Gasteiger partial charge in [-0.05, 0) is 43.2 Å². The summed E-state index contributed by atoms with van der Waals surface area (Å²) in [7, 11) is 1.55. The first-order chi connectivity index (χ1) is 16.3. The van der Waals surface area contributed by atoms with Crippen molar-refractivity contribution in [2.24, 2.45) is 0 Å². The van der Waals surface area contributed by atoms with E-state index in [1.807, 2.05) is 19.1 Å². The van der Waals surface area contributed by atoms with Gasteiger partial charge >= 0.3 is 6.18 Å². The molecule has 182 valence electrons. The zero-order chi connectivity index (χ0) is 24.3. The molecule has 0 unspecified atom stereocenters. The van der Waals surface area contributed by atoms with E-state index in [1.54, 1.807) is 7.11 Å². The molecule has 1 fully saturated rings. The minimum Gasteiger partial charge on any atom is -0.494 e. The molecule has 0 aliphatic carbocycles. The van der Waals surface area contributed by atoms with E-state index in [-0.39, 0.29) is 5.56 Å². The molecular weight excluding hydrogens is 467 g/mol. The van der Waals surface area contributed by atoms with Gasteiger partial charge in [-0.1, -0.05) is 23.5 Å². The Balaban J connectivity index is 1.66. The summed E-state index contributed by atoms with van der Waals surface area (Å²) in [6.45, 7) is 6.00. The predicted octanol–water partition coefficient (Wildman–Crippen LogP) is 5.00. The number of carbonyl (C=O) groups is 1. The molecule has 2 heterocycles. The third-order valence-electron chi connectivity index (χ3n) is 5.78. The van der Waals surface area contributed by atoms with Crippen LogP contribution in [0.5, 0.6) is 5.75 Å². The highest BCUT2D eigenvalue weighted by molar-refractivity contribution is 7.22. The van der Waals surface area contributed by atoms with Crippen LogP contribution in [0.2, 0.25) is 0 Å². The highest BCUT2D eigenvalue weighted by Crippen LogP contribution is 2.37. The maximum Gasteiger partial charge on any atom is 0.416 e. The highest BCUT2D eigenvalue weighted by atomic mass is 32.1. The van der Waals surface area contributed by atoms with Crippen LogP contribution in [0.1, 0.15) is 27.9 Å². The topological polar surface area (TPSA) is 54.9 Å². The van der Waals surface area contributed by atoms with Gasteiger partial charge in [0.25, 0.3) is 5.91 Å². The Bertz CT molecular complexity index is 1160. The third kappa shape index (κ3) is 5.34. The van der Waals surface area contributed by atoms with Gasteiger partial charge in [-0.3, -0.25) is 14.6 Å². The van der Waals surface area contributed by atoms with Gasteiger partial charge in [0.05, 0.1) is 30.6 Å². The molecule has 10 heteroatoms. The van der Waals surface area contributed by atoms with E-state index in [4.69, 9.17) is 9.47 Å². The van der Waals surface area contributed by atoms with Gasteiger partial charge in [0.15, 0.2) is 5.13 Å². The summed E-state index contributed by atoms with van der Waals surface area (Å²) in [5.74, 6) is 0.0756. The molecule has 4 rings (SSSR count). The quantitative estimate of drug-likeness (QED) is 0.464. The average molecular weight is 494 g/mol. The number of carbonyl (C=O) groups excluding carboxylic acids is 1. The molecule has 0 N–H and O–H groups in total. The lowest BCUT2D eigenvalue weighted by Gasteiger charge is -2.27. The fourth-order valence-corrected chi connectivity index (χ4v) is 5.00. The van der Waals surface area contributed by atoms with E-state index in [9.17, 15) is 18.0 Å². The molecule has 1 amide bonds. The Hall–Kier alpha value is -2.69. The molecule has 0 radical (unpaired) electrons. The van der Waals surface area contributed by atoms with Crippen molar-refractivity contribution in [2.45, 2.75) is 19.5 Å². The average Bonchev–Trinajstić information content (AvgIpc) is 3.28. The zero-order valence-corrected chi connectivity index (χ0v) is 19.8. The second kappa shape index (κ2) is 10.3. The molecular formula is C24H26F3N3O3S. The molecule has 0 saturated carbocycles. The molecule has 0 bridgehead atoms. The van der Waals surface area contributed by atoms with Gasteiger partial charge in [0.2, 0.25) is 0 Å². The fourth-order valence-electron chi connectivity index (χ4n) is 3.92. The van der Waals surface area contributed by atoms with Crippen LogP contribution in [0.25, 0.3) is 10.2 Å². The van der Waals surface area contributed by atoms with Crippen molar-refractivity contribution < 1.29 is 27.4 Å². The summed E-state index contributed by atoms with van der Waals surface area (Å²) in [5.41, 5.74) is 0.745. The van der Waals surface area contributed by atoms with Crippen molar-refractivity contribution in [1.29, 1.82) is 0 Å². The number of aromatic nitrogens is 1. The van der Waals surface area contributed by atoms with Crippen LogP contribution in [0, 0.1) is 6.92 Å². The molecule has 0 atom stereocenters. The Morgan fingerprint density at radius 1 is 1.24 bits per heavy atom. The van der Waals surface area contributed by atoms with E-state index < -0.39 is 17.6 Å². The first kappa shape index (κ1) is 24.4. The first-order valence-electron chi connectivity index (χ1n) is 11.0. The monoisotopic (exact) mass is 493 g/mol. The Kier molecular flexibility index (Phi) is 7.39. The third-order valence-corrected chi connectivity index (χ3v) is 7.00. The number of halogens is 3. The fraction of sp³-hybridized carbons (Fsp3) is 0.417. The van der Waals surface area contributed by atoms with Crippen LogP contribution >= 0.6 is 11.3 Å². The first-order valence-corrected chi connectivity index (χ1v) is 11.8. The highest BCUT2D eigenvalue weighted by Gasteiger charge is 2.32. The largest absolute Gasteiger partial charge is 0.494 e. The zero-order valence-electron chi connectivity index (χ0n) is 19.0. The summed E-state index contributed by atoms with van der Waals surface area (Å²) in [5, 5.41) is 0.437. The van der Waals surface area contributed by atoms with Crippen molar-refractivity contribution in [2.75, 3.05) is 51.4 Å². The summed E-state index contributed by atoms with van der Waals surface area (Å²) in [4.78, 5) is 21.9. The number of fused-ring (bicyclic) bond motifs is 1. The smallest absolute Gasteiger partial charge is 0.416 e. The van der Waals surface area contributed by atoms with E-state index >= 15 is 0 Å². The lowest BCUT2D eigenvalue weighted by molar-refractivity contribution is -0.137. The number of nitrogens with zero attached hydrogens (tertiary/aromatic N) is 3. The molecule has 1 saturated heterocycles. The standard InChI is InChI=1S/C24H26F3N3O3S/c1-16-7-8-19(32-2)20-21(16)34-23(28-20)30(10-4-9-29-11-13-33-14-12-29)22(31)17-5-3-6-18(15-17)24(25,26)27/h3,5-8,15H,4,9-14H2,1-2H3. The van der Waals surface area contributed by atoms with Crippen molar-refractivity contribution in [3.8, 4) is 5.75 Å². The number of aryl methyl sites for hydroxylation is 1. The van der Waals surface area contributed by atoms with Crippen LogP contribution in [-0.4, -0.2) is 62.3 Å². The maximum atomic E-state index is 13.5. The van der Waals surface area contributed by atoms with Crippen molar-refractivity contribution >= 4 is 32.6 Å².